The second-order valence-corrected chi connectivity index (χ2v) is 5.32. The number of hydrogen-bond donors (Lipinski definition) is 1. The maximum atomic E-state index is 12.2. The lowest BCUT2D eigenvalue weighted by molar-refractivity contribution is 0.0736. The molecule has 0 radical (unpaired) electrons. The molecule has 1 unspecified atom stereocenters. The molecule has 0 aliphatic heterocycles. The quantitative estimate of drug-likeness (QED) is 0.804. The molecule has 102 valence electrons. The Morgan fingerprint density at radius 3 is 3.00 bits per heavy atom. The van der Waals surface area contributed by atoms with Gasteiger partial charge in [-0.05, 0) is 25.4 Å². The van der Waals surface area contributed by atoms with Crippen molar-refractivity contribution in [3.05, 3.63) is 18.2 Å². The summed E-state index contributed by atoms with van der Waals surface area (Å²) in [6.07, 6.45) is 6.48. The predicted molar refractivity (Wildman–Crippen MR) is 75.8 cm³/mol. The number of nitrogens with two attached hydrogens (primary N) is 1. The summed E-state index contributed by atoms with van der Waals surface area (Å²) in [5, 5.41) is 0. The number of aromatic nitrogens is 2. The van der Waals surface area contributed by atoms with Gasteiger partial charge in [-0.1, -0.05) is 0 Å². The highest BCUT2D eigenvalue weighted by molar-refractivity contribution is 7.98. The number of imidazole rings is 1. The highest BCUT2D eigenvalue weighted by atomic mass is 32.2. The fourth-order valence-electron chi connectivity index (χ4n) is 1.60. The third-order valence-electron chi connectivity index (χ3n) is 2.96. The van der Waals surface area contributed by atoms with Crippen molar-refractivity contribution in [1.82, 2.24) is 14.5 Å². The average Bonchev–Trinajstić information content (AvgIpc) is 2.83. The molecule has 18 heavy (non-hydrogen) atoms. The van der Waals surface area contributed by atoms with E-state index >= 15 is 0 Å². The molecule has 1 aromatic rings. The van der Waals surface area contributed by atoms with Crippen LogP contribution < -0.4 is 5.73 Å². The van der Waals surface area contributed by atoms with Gasteiger partial charge < -0.3 is 15.2 Å². The standard InChI is InChI=1S/C12H22N4OS/c1-10(4-7-18-3)15(2)12(17)11-8-16(6-5-13)9-14-11/h8-10H,4-7,13H2,1-3H3. The molecular weight excluding hydrogens is 248 g/mol. The fourth-order valence-corrected chi connectivity index (χ4v) is 2.18. The van der Waals surface area contributed by atoms with Crippen LogP contribution in [0.2, 0.25) is 0 Å². The van der Waals surface area contributed by atoms with Gasteiger partial charge in [0.25, 0.3) is 5.91 Å². The van der Waals surface area contributed by atoms with Gasteiger partial charge >= 0.3 is 0 Å². The van der Waals surface area contributed by atoms with Gasteiger partial charge in [0.1, 0.15) is 5.69 Å². The molecule has 0 aliphatic rings. The smallest absolute Gasteiger partial charge is 0.274 e. The average molecular weight is 270 g/mol. The first-order chi connectivity index (χ1) is 8.60. The number of carbonyl (C=O) groups excluding carboxylic acids is 1. The molecule has 5 nitrogen and oxygen atoms in total. The largest absolute Gasteiger partial charge is 0.338 e. The van der Waals surface area contributed by atoms with E-state index in [1.54, 1.807) is 29.2 Å². The van der Waals surface area contributed by atoms with Crippen LogP contribution in [0.5, 0.6) is 0 Å². The van der Waals surface area contributed by atoms with Gasteiger partial charge in [0.15, 0.2) is 0 Å². The van der Waals surface area contributed by atoms with Crippen molar-refractivity contribution in [3.63, 3.8) is 0 Å². The van der Waals surface area contributed by atoms with Crippen LogP contribution in [0, 0.1) is 0 Å². The summed E-state index contributed by atoms with van der Waals surface area (Å²) in [5.74, 6) is 1.03. The van der Waals surface area contributed by atoms with Crippen molar-refractivity contribution in [1.29, 1.82) is 0 Å². The van der Waals surface area contributed by atoms with Crippen molar-refractivity contribution in [3.8, 4) is 0 Å². The van der Waals surface area contributed by atoms with Gasteiger partial charge in [0.2, 0.25) is 0 Å². The molecule has 0 saturated heterocycles. The molecule has 0 spiro atoms. The highest BCUT2D eigenvalue weighted by Crippen LogP contribution is 2.09. The molecule has 1 atom stereocenters. The van der Waals surface area contributed by atoms with Crippen LogP contribution in [0.1, 0.15) is 23.8 Å². The Kier molecular flexibility index (Phi) is 6.21. The van der Waals surface area contributed by atoms with Crippen LogP contribution in [0.4, 0.5) is 0 Å². The molecule has 1 heterocycles. The number of thioether (sulfide) groups is 1. The number of nitrogens with zero attached hydrogens (tertiary/aromatic N) is 3. The van der Waals surface area contributed by atoms with Crippen LogP contribution in [-0.4, -0.2) is 52.0 Å². The molecule has 6 heteroatoms. The Labute approximate surface area is 113 Å². The maximum absolute atomic E-state index is 12.2. The van der Waals surface area contributed by atoms with Crippen LogP contribution >= 0.6 is 11.8 Å². The summed E-state index contributed by atoms with van der Waals surface area (Å²) in [5.41, 5.74) is 5.95. The molecule has 1 aromatic heterocycles. The van der Waals surface area contributed by atoms with Gasteiger partial charge in [-0.2, -0.15) is 11.8 Å². The van der Waals surface area contributed by atoms with E-state index in [1.807, 2.05) is 11.6 Å². The van der Waals surface area contributed by atoms with E-state index in [1.165, 1.54) is 0 Å². The van der Waals surface area contributed by atoms with E-state index in [9.17, 15) is 4.79 Å². The van der Waals surface area contributed by atoms with Crippen molar-refractivity contribution >= 4 is 17.7 Å². The SMILES string of the molecule is CSCCC(C)N(C)C(=O)c1cn(CCN)cn1. The van der Waals surface area contributed by atoms with Gasteiger partial charge in [-0.15, -0.1) is 0 Å². The number of amides is 1. The number of hydrogen-bond acceptors (Lipinski definition) is 4. The summed E-state index contributed by atoms with van der Waals surface area (Å²) >= 11 is 1.79. The summed E-state index contributed by atoms with van der Waals surface area (Å²) in [4.78, 5) is 18.1. The Balaban J connectivity index is 2.61. The lowest BCUT2D eigenvalue weighted by atomic mass is 10.2. The summed E-state index contributed by atoms with van der Waals surface area (Å²) in [7, 11) is 1.83. The van der Waals surface area contributed by atoms with E-state index < -0.39 is 0 Å². The van der Waals surface area contributed by atoms with Crippen LogP contribution in [0.25, 0.3) is 0 Å². The predicted octanol–water partition coefficient (Wildman–Crippen LogP) is 1.06. The molecule has 1 rings (SSSR count). The minimum absolute atomic E-state index is 0.0284. The van der Waals surface area contributed by atoms with Crippen LogP contribution in [0.3, 0.4) is 0 Å². The number of rotatable bonds is 7. The zero-order valence-corrected chi connectivity index (χ0v) is 12.1. The van der Waals surface area contributed by atoms with Gasteiger partial charge in [-0.25, -0.2) is 4.98 Å². The molecule has 0 aromatic carbocycles. The maximum Gasteiger partial charge on any atom is 0.274 e. The van der Waals surface area contributed by atoms with Crippen molar-refractivity contribution in [2.75, 3.05) is 25.6 Å². The van der Waals surface area contributed by atoms with Crippen LogP contribution in [0.15, 0.2) is 12.5 Å². The van der Waals surface area contributed by atoms with E-state index in [2.05, 4.69) is 18.2 Å². The first kappa shape index (κ1) is 15.0. The topological polar surface area (TPSA) is 64.2 Å². The molecule has 1 amide bonds. The lowest BCUT2D eigenvalue weighted by Crippen LogP contribution is -2.35. The van der Waals surface area contributed by atoms with E-state index in [4.69, 9.17) is 5.73 Å². The third-order valence-corrected chi connectivity index (χ3v) is 3.60. The molecule has 0 fully saturated rings. The Hall–Kier alpha value is -1.01. The monoisotopic (exact) mass is 270 g/mol. The summed E-state index contributed by atoms with van der Waals surface area (Å²) < 4.78 is 1.84. The number of carbonyl (C=O) groups is 1. The highest BCUT2D eigenvalue weighted by Gasteiger charge is 2.19. The van der Waals surface area contributed by atoms with Crippen LogP contribution in [-0.2, 0) is 6.54 Å². The van der Waals surface area contributed by atoms with Crippen molar-refractivity contribution in [2.24, 2.45) is 5.73 Å². The Morgan fingerprint density at radius 1 is 1.67 bits per heavy atom. The third kappa shape index (κ3) is 4.03. The minimum Gasteiger partial charge on any atom is -0.338 e. The first-order valence-electron chi connectivity index (χ1n) is 6.08. The Morgan fingerprint density at radius 2 is 2.39 bits per heavy atom. The van der Waals surface area contributed by atoms with Crippen molar-refractivity contribution < 1.29 is 4.79 Å². The van der Waals surface area contributed by atoms with Crippen molar-refractivity contribution in [2.45, 2.75) is 25.9 Å². The normalized spacial score (nSPS) is 12.4. The molecular formula is C12H22N4OS. The fraction of sp³-hybridized carbons (Fsp3) is 0.667. The molecule has 0 bridgehead atoms. The van der Waals surface area contributed by atoms with Gasteiger partial charge in [-0.3, -0.25) is 4.79 Å². The van der Waals surface area contributed by atoms with E-state index in [-0.39, 0.29) is 11.9 Å². The first-order valence-corrected chi connectivity index (χ1v) is 7.47. The van der Waals surface area contributed by atoms with E-state index in [0.717, 1.165) is 12.2 Å². The Bertz CT molecular complexity index is 380. The molecule has 0 aliphatic carbocycles. The zero-order valence-electron chi connectivity index (χ0n) is 11.3. The zero-order chi connectivity index (χ0) is 13.5. The molecule has 0 saturated carbocycles. The van der Waals surface area contributed by atoms with Gasteiger partial charge in [0, 0.05) is 32.4 Å². The second kappa shape index (κ2) is 7.43. The lowest BCUT2D eigenvalue weighted by Gasteiger charge is -2.23. The molecule has 2 N–H and O–H groups in total. The summed E-state index contributed by atoms with van der Waals surface area (Å²) in [6, 6.07) is 0.226. The van der Waals surface area contributed by atoms with E-state index in [0.29, 0.717) is 18.8 Å². The van der Waals surface area contributed by atoms with Gasteiger partial charge in [0.05, 0.1) is 6.33 Å². The minimum atomic E-state index is -0.0284. The second-order valence-electron chi connectivity index (χ2n) is 4.33. The summed E-state index contributed by atoms with van der Waals surface area (Å²) in [6.45, 7) is 3.29.